The van der Waals surface area contributed by atoms with Crippen LogP contribution in [0.5, 0.6) is 11.6 Å². The average Bonchev–Trinajstić information content (AvgIpc) is 2.82. The van der Waals surface area contributed by atoms with Crippen LogP contribution in [0.4, 0.5) is 0 Å². The van der Waals surface area contributed by atoms with E-state index in [1.807, 2.05) is 6.07 Å². The van der Waals surface area contributed by atoms with E-state index in [1.54, 1.807) is 20.4 Å². The van der Waals surface area contributed by atoms with E-state index >= 15 is 0 Å². The molecule has 0 saturated carbocycles. The number of hydrogen-bond acceptors (Lipinski definition) is 4. The van der Waals surface area contributed by atoms with Crippen molar-refractivity contribution in [2.75, 3.05) is 27.3 Å². The normalized spacial score (nSPS) is 19.8. The Hall–Kier alpha value is -1.29. The summed E-state index contributed by atoms with van der Waals surface area (Å²) in [6, 6.07) is 1.97. The van der Waals surface area contributed by atoms with E-state index in [2.05, 4.69) is 10.3 Å². The molecule has 0 aliphatic carbocycles. The van der Waals surface area contributed by atoms with Crippen LogP contribution in [0.15, 0.2) is 12.3 Å². The highest BCUT2D eigenvalue weighted by Crippen LogP contribution is 2.25. The van der Waals surface area contributed by atoms with Crippen LogP contribution in [0, 0.1) is 5.92 Å². The zero-order valence-electron chi connectivity index (χ0n) is 9.82. The summed E-state index contributed by atoms with van der Waals surface area (Å²) >= 11 is 0. The molecule has 0 aromatic carbocycles. The minimum atomic E-state index is 0.654. The number of nitrogens with one attached hydrogen (secondary N) is 1. The molecule has 0 bridgehead atoms. The maximum Gasteiger partial charge on any atom is 0.213 e. The molecule has 0 radical (unpaired) electrons. The fourth-order valence-electron chi connectivity index (χ4n) is 2.12. The Morgan fingerprint density at radius 2 is 2.31 bits per heavy atom. The quantitative estimate of drug-likeness (QED) is 0.832. The molecule has 1 aromatic rings. The van der Waals surface area contributed by atoms with Gasteiger partial charge in [0.25, 0.3) is 0 Å². The number of rotatable bonds is 4. The minimum absolute atomic E-state index is 0.654. The maximum absolute atomic E-state index is 5.32. The van der Waals surface area contributed by atoms with Crippen LogP contribution in [0.1, 0.15) is 12.0 Å². The molecular weight excluding hydrogens is 204 g/mol. The van der Waals surface area contributed by atoms with Gasteiger partial charge in [-0.3, -0.25) is 0 Å². The molecule has 2 heterocycles. The Labute approximate surface area is 96.0 Å². The van der Waals surface area contributed by atoms with Gasteiger partial charge in [-0.2, -0.15) is 0 Å². The van der Waals surface area contributed by atoms with E-state index in [-0.39, 0.29) is 0 Å². The largest absolute Gasteiger partial charge is 0.495 e. The second-order valence-corrected chi connectivity index (χ2v) is 4.10. The Kier molecular flexibility index (Phi) is 3.62. The fraction of sp³-hybridized carbons (Fsp3) is 0.583. The summed E-state index contributed by atoms with van der Waals surface area (Å²) in [5, 5.41) is 3.37. The smallest absolute Gasteiger partial charge is 0.213 e. The van der Waals surface area contributed by atoms with Crippen molar-refractivity contribution in [2.24, 2.45) is 5.92 Å². The lowest BCUT2D eigenvalue weighted by Crippen LogP contribution is -2.11. The van der Waals surface area contributed by atoms with E-state index in [1.165, 1.54) is 12.0 Å². The molecule has 4 heteroatoms. The molecule has 1 atom stereocenters. The molecule has 1 N–H and O–H groups in total. The monoisotopic (exact) mass is 222 g/mol. The molecule has 4 nitrogen and oxygen atoms in total. The van der Waals surface area contributed by atoms with Crippen LogP contribution in [-0.2, 0) is 6.42 Å². The van der Waals surface area contributed by atoms with Gasteiger partial charge in [-0.05, 0) is 31.8 Å². The Morgan fingerprint density at radius 3 is 2.94 bits per heavy atom. The van der Waals surface area contributed by atoms with Gasteiger partial charge in [0.2, 0.25) is 5.88 Å². The van der Waals surface area contributed by atoms with Crippen molar-refractivity contribution in [2.45, 2.75) is 12.8 Å². The molecule has 16 heavy (non-hydrogen) atoms. The SMILES string of the molecule is COc1cc(CC2CCNC2)c(OC)cn1. The standard InChI is InChI=1S/C12H18N2O2/c1-15-11-8-14-12(16-2)6-10(11)5-9-3-4-13-7-9/h6,8-9,13H,3-5,7H2,1-2H3. The van der Waals surface area contributed by atoms with Crippen molar-refractivity contribution >= 4 is 0 Å². The average molecular weight is 222 g/mol. The summed E-state index contributed by atoms with van der Waals surface area (Å²) in [6.45, 7) is 2.21. The maximum atomic E-state index is 5.32. The molecule has 1 unspecified atom stereocenters. The van der Waals surface area contributed by atoms with Gasteiger partial charge in [-0.25, -0.2) is 4.98 Å². The predicted octanol–water partition coefficient (Wildman–Crippen LogP) is 1.25. The predicted molar refractivity (Wildman–Crippen MR) is 62.0 cm³/mol. The molecule has 1 aliphatic heterocycles. The third kappa shape index (κ3) is 2.44. The lowest BCUT2D eigenvalue weighted by molar-refractivity contribution is 0.381. The van der Waals surface area contributed by atoms with Crippen LogP contribution in [0.25, 0.3) is 0 Å². The first-order chi connectivity index (χ1) is 7.83. The van der Waals surface area contributed by atoms with Crippen molar-refractivity contribution in [1.82, 2.24) is 10.3 Å². The molecule has 1 saturated heterocycles. The highest BCUT2D eigenvalue weighted by atomic mass is 16.5. The number of hydrogen-bond donors (Lipinski definition) is 1. The Balaban J connectivity index is 2.15. The zero-order valence-corrected chi connectivity index (χ0v) is 9.82. The van der Waals surface area contributed by atoms with Crippen molar-refractivity contribution in [1.29, 1.82) is 0 Å². The van der Waals surface area contributed by atoms with Gasteiger partial charge in [-0.15, -0.1) is 0 Å². The van der Waals surface area contributed by atoms with Crippen molar-refractivity contribution in [3.05, 3.63) is 17.8 Å². The van der Waals surface area contributed by atoms with Crippen LogP contribution in [0.2, 0.25) is 0 Å². The van der Waals surface area contributed by atoms with Gasteiger partial charge in [0, 0.05) is 11.6 Å². The topological polar surface area (TPSA) is 43.4 Å². The molecular formula is C12H18N2O2. The minimum Gasteiger partial charge on any atom is -0.495 e. The highest BCUT2D eigenvalue weighted by molar-refractivity contribution is 5.35. The molecule has 0 spiro atoms. The van der Waals surface area contributed by atoms with Crippen molar-refractivity contribution in [3.63, 3.8) is 0 Å². The summed E-state index contributed by atoms with van der Waals surface area (Å²) < 4.78 is 10.5. The van der Waals surface area contributed by atoms with E-state index in [9.17, 15) is 0 Å². The number of nitrogens with zero attached hydrogens (tertiary/aromatic N) is 1. The fourth-order valence-corrected chi connectivity index (χ4v) is 2.12. The van der Waals surface area contributed by atoms with Gasteiger partial charge < -0.3 is 14.8 Å². The van der Waals surface area contributed by atoms with Crippen LogP contribution in [0.3, 0.4) is 0 Å². The second kappa shape index (κ2) is 5.16. The molecule has 0 amide bonds. The van der Waals surface area contributed by atoms with Gasteiger partial charge in [-0.1, -0.05) is 0 Å². The first-order valence-corrected chi connectivity index (χ1v) is 5.61. The van der Waals surface area contributed by atoms with Gasteiger partial charge in [0.05, 0.1) is 20.4 Å². The van der Waals surface area contributed by atoms with Crippen LogP contribution in [-0.4, -0.2) is 32.3 Å². The lowest BCUT2D eigenvalue weighted by Gasteiger charge is -2.12. The molecule has 1 fully saturated rings. The summed E-state index contributed by atoms with van der Waals surface area (Å²) in [6.07, 6.45) is 3.99. The van der Waals surface area contributed by atoms with Gasteiger partial charge in [0.15, 0.2) is 0 Å². The van der Waals surface area contributed by atoms with Crippen LogP contribution < -0.4 is 14.8 Å². The summed E-state index contributed by atoms with van der Waals surface area (Å²) in [7, 11) is 3.32. The lowest BCUT2D eigenvalue weighted by atomic mass is 9.99. The first-order valence-electron chi connectivity index (χ1n) is 5.61. The van der Waals surface area contributed by atoms with Crippen molar-refractivity contribution in [3.8, 4) is 11.6 Å². The summed E-state index contributed by atoms with van der Waals surface area (Å²) in [5.41, 5.74) is 1.18. The summed E-state index contributed by atoms with van der Waals surface area (Å²) in [4.78, 5) is 4.14. The third-order valence-electron chi connectivity index (χ3n) is 3.02. The molecule has 1 aliphatic rings. The first kappa shape index (κ1) is 11.2. The number of methoxy groups -OCH3 is 2. The van der Waals surface area contributed by atoms with Crippen LogP contribution >= 0.6 is 0 Å². The number of ether oxygens (including phenoxy) is 2. The van der Waals surface area contributed by atoms with E-state index in [0.29, 0.717) is 11.8 Å². The molecule has 1 aromatic heterocycles. The highest BCUT2D eigenvalue weighted by Gasteiger charge is 2.17. The molecule has 2 rings (SSSR count). The number of aromatic nitrogens is 1. The van der Waals surface area contributed by atoms with Gasteiger partial charge in [0.1, 0.15) is 5.75 Å². The number of pyridine rings is 1. The van der Waals surface area contributed by atoms with Crippen molar-refractivity contribution < 1.29 is 9.47 Å². The van der Waals surface area contributed by atoms with E-state index in [0.717, 1.165) is 25.3 Å². The van der Waals surface area contributed by atoms with Gasteiger partial charge >= 0.3 is 0 Å². The Morgan fingerprint density at radius 1 is 1.44 bits per heavy atom. The van der Waals surface area contributed by atoms with E-state index in [4.69, 9.17) is 9.47 Å². The zero-order chi connectivity index (χ0) is 11.4. The van der Waals surface area contributed by atoms with E-state index < -0.39 is 0 Å². The molecule has 88 valence electrons. The second-order valence-electron chi connectivity index (χ2n) is 4.10. The third-order valence-corrected chi connectivity index (χ3v) is 3.02. The Bertz CT molecular complexity index is 349. The summed E-state index contributed by atoms with van der Waals surface area (Å²) in [5.74, 6) is 2.20.